The summed E-state index contributed by atoms with van der Waals surface area (Å²) in [5.41, 5.74) is 0.473. The van der Waals surface area contributed by atoms with E-state index >= 15 is 0 Å². The average molecular weight is 284 g/mol. The fourth-order valence-corrected chi connectivity index (χ4v) is 3.00. The first-order chi connectivity index (χ1) is 7.64. The van der Waals surface area contributed by atoms with Crippen molar-refractivity contribution in [2.24, 2.45) is 5.92 Å². The maximum absolute atomic E-state index is 10.6. The third kappa shape index (κ3) is 2.46. The molecular weight excluding hydrogens is 266 g/mol. The molecule has 1 aliphatic rings. The maximum atomic E-state index is 10.6. The second kappa shape index (κ2) is 4.84. The lowest BCUT2D eigenvalue weighted by molar-refractivity contribution is 0.000634. The van der Waals surface area contributed by atoms with Crippen molar-refractivity contribution in [1.82, 2.24) is 4.98 Å². The molecule has 16 heavy (non-hydrogen) atoms. The molecule has 2 rings (SSSR count). The molecule has 0 radical (unpaired) electrons. The lowest BCUT2D eigenvalue weighted by Crippen LogP contribution is -2.35. The maximum Gasteiger partial charge on any atom is 0.0730 e. The number of aromatic nitrogens is 1. The van der Waals surface area contributed by atoms with Gasteiger partial charge in [0, 0.05) is 22.8 Å². The first-order valence-corrected chi connectivity index (χ1v) is 6.76. The molecule has 2 atom stereocenters. The van der Waals surface area contributed by atoms with Crippen molar-refractivity contribution in [2.75, 3.05) is 0 Å². The molecule has 1 saturated carbocycles. The Bertz CT molecular complexity index is 351. The van der Waals surface area contributed by atoms with Gasteiger partial charge in [-0.2, -0.15) is 0 Å². The van der Waals surface area contributed by atoms with Gasteiger partial charge in [-0.25, -0.2) is 0 Å². The van der Waals surface area contributed by atoms with Crippen LogP contribution in [0.5, 0.6) is 0 Å². The Kier molecular flexibility index (Phi) is 3.65. The van der Waals surface area contributed by atoms with Crippen molar-refractivity contribution in [1.29, 1.82) is 0 Å². The van der Waals surface area contributed by atoms with Crippen LogP contribution < -0.4 is 0 Å². The Labute approximate surface area is 105 Å². The van der Waals surface area contributed by atoms with E-state index in [-0.39, 0.29) is 0 Å². The van der Waals surface area contributed by atoms with E-state index in [2.05, 4.69) is 27.8 Å². The summed E-state index contributed by atoms with van der Waals surface area (Å²) in [6.07, 6.45) is 6.78. The lowest BCUT2D eigenvalue weighted by atomic mass is 9.85. The second-order valence-electron chi connectivity index (χ2n) is 4.75. The van der Waals surface area contributed by atoms with Crippen LogP contribution in [0, 0.1) is 5.92 Å². The van der Waals surface area contributed by atoms with E-state index in [9.17, 15) is 5.11 Å². The van der Waals surface area contributed by atoms with E-state index < -0.39 is 5.60 Å². The third-order valence-electron chi connectivity index (χ3n) is 3.69. The Morgan fingerprint density at radius 2 is 2.38 bits per heavy atom. The summed E-state index contributed by atoms with van der Waals surface area (Å²) >= 11 is 3.37. The van der Waals surface area contributed by atoms with E-state index in [1.165, 1.54) is 0 Å². The van der Waals surface area contributed by atoms with Gasteiger partial charge in [-0.05, 0) is 46.8 Å². The summed E-state index contributed by atoms with van der Waals surface area (Å²) in [7, 11) is 0. The van der Waals surface area contributed by atoms with Gasteiger partial charge in [0.25, 0.3) is 0 Å². The molecule has 1 fully saturated rings. The van der Waals surface area contributed by atoms with Gasteiger partial charge in [0.05, 0.1) is 5.60 Å². The predicted molar refractivity (Wildman–Crippen MR) is 68.2 cm³/mol. The van der Waals surface area contributed by atoms with Crippen LogP contribution in [0.1, 0.15) is 38.3 Å². The van der Waals surface area contributed by atoms with Gasteiger partial charge in [-0.3, -0.25) is 4.98 Å². The normalized spacial score (nSPS) is 29.6. The summed E-state index contributed by atoms with van der Waals surface area (Å²) in [5.74, 6) is 0.443. The molecule has 1 heterocycles. The SMILES string of the molecule is CCC1CCCC1(O)Cc1ccc(Br)cn1. The number of pyridine rings is 1. The average Bonchev–Trinajstić information content (AvgIpc) is 2.63. The van der Waals surface area contributed by atoms with Gasteiger partial charge in [0.15, 0.2) is 0 Å². The molecule has 0 amide bonds. The molecule has 0 aliphatic heterocycles. The van der Waals surface area contributed by atoms with Crippen LogP contribution in [0.2, 0.25) is 0 Å². The van der Waals surface area contributed by atoms with Crippen LogP contribution in [-0.4, -0.2) is 15.7 Å². The van der Waals surface area contributed by atoms with E-state index in [0.717, 1.165) is 35.8 Å². The Balaban J connectivity index is 2.11. The zero-order chi connectivity index (χ0) is 11.6. The second-order valence-corrected chi connectivity index (χ2v) is 5.66. The Morgan fingerprint density at radius 3 is 3.00 bits per heavy atom. The molecule has 2 unspecified atom stereocenters. The van der Waals surface area contributed by atoms with Gasteiger partial charge in [-0.1, -0.05) is 19.8 Å². The number of rotatable bonds is 3. The zero-order valence-electron chi connectivity index (χ0n) is 9.62. The number of aliphatic hydroxyl groups is 1. The number of hydrogen-bond donors (Lipinski definition) is 1. The van der Waals surface area contributed by atoms with Crippen molar-refractivity contribution >= 4 is 15.9 Å². The fraction of sp³-hybridized carbons (Fsp3) is 0.615. The molecule has 0 saturated heterocycles. The molecule has 1 N–H and O–H groups in total. The van der Waals surface area contributed by atoms with E-state index in [0.29, 0.717) is 12.3 Å². The number of nitrogens with zero attached hydrogens (tertiary/aromatic N) is 1. The monoisotopic (exact) mass is 283 g/mol. The zero-order valence-corrected chi connectivity index (χ0v) is 11.2. The van der Waals surface area contributed by atoms with Crippen molar-refractivity contribution in [3.8, 4) is 0 Å². The Morgan fingerprint density at radius 1 is 1.56 bits per heavy atom. The van der Waals surface area contributed by atoms with Gasteiger partial charge in [0.1, 0.15) is 0 Å². The van der Waals surface area contributed by atoms with Crippen LogP contribution in [0.15, 0.2) is 22.8 Å². The van der Waals surface area contributed by atoms with Crippen molar-refractivity contribution in [3.05, 3.63) is 28.5 Å². The van der Waals surface area contributed by atoms with Crippen molar-refractivity contribution in [3.63, 3.8) is 0 Å². The molecule has 3 heteroatoms. The van der Waals surface area contributed by atoms with E-state index in [1.807, 2.05) is 12.1 Å². The van der Waals surface area contributed by atoms with Gasteiger partial charge in [-0.15, -0.1) is 0 Å². The molecular formula is C13H18BrNO. The van der Waals surface area contributed by atoms with E-state index in [1.54, 1.807) is 6.20 Å². The van der Waals surface area contributed by atoms with Gasteiger partial charge >= 0.3 is 0 Å². The summed E-state index contributed by atoms with van der Waals surface area (Å²) in [4.78, 5) is 4.35. The summed E-state index contributed by atoms with van der Waals surface area (Å²) in [6.45, 7) is 2.16. The van der Waals surface area contributed by atoms with Gasteiger partial charge in [0.2, 0.25) is 0 Å². The Hall–Kier alpha value is -0.410. The third-order valence-corrected chi connectivity index (χ3v) is 4.16. The lowest BCUT2D eigenvalue weighted by Gasteiger charge is -2.29. The van der Waals surface area contributed by atoms with Crippen LogP contribution in [0.3, 0.4) is 0 Å². The minimum absolute atomic E-state index is 0.443. The van der Waals surface area contributed by atoms with Crippen LogP contribution in [0.4, 0.5) is 0 Å². The van der Waals surface area contributed by atoms with Crippen molar-refractivity contribution < 1.29 is 5.11 Å². The number of hydrogen-bond acceptors (Lipinski definition) is 2. The van der Waals surface area contributed by atoms with Crippen LogP contribution in [0.25, 0.3) is 0 Å². The quantitative estimate of drug-likeness (QED) is 0.923. The molecule has 0 bridgehead atoms. The van der Waals surface area contributed by atoms with Crippen molar-refractivity contribution in [2.45, 2.75) is 44.6 Å². The minimum Gasteiger partial charge on any atom is -0.389 e. The topological polar surface area (TPSA) is 33.1 Å². The summed E-state index contributed by atoms with van der Waals surface area (Å²) in [6, 6.07) is 3.98. The first kappa shape index (κ1) is 12.1. The molecule has 0 spiro atoms. The highest BCUT2D eigenvalue weighted by Gasteiger charge is 2.40. The van der Waals surface area contributed by atoms with Crippen LogP contribution >= 0.6 is 15.9 Å². The first-order valence-electron chi connectivity index (χ1n) is 5.97. The van der Waals surface area contributed by atoms with E-state index in [4.69, 9.17) is 0 Å². The molecule has 1 aromatic rings. The summed E-state index contributed by atoms with van der Waals surface area (Å²) in [5, 5.41) is 10.6. The largest absolute Gasteiger partial charge is 0.389 e. The highest BCUT2D eigenvalue weighted by molar-refractivity contribution is 9.10. The van der Waals surface area contributed by atoms with Gasteiger partial charge < -0.3 is 5.11 Å². The molecule has 88 valence electrons. The summed E-state index contributed by atoms with van der Waals surface area (Å²) < 4.78 is 0.988. The smallest absolute Gasteiger partial charge is 0.0730 e. The molecule has 1 aliphatic carbocycles. The predicted octanol–water partition coefficient (Wildman–Crippen LogP) is 3.33. The molecule has 1 aromatic heterocycles. The molecule has 2 nitrogen and oxygen atoms in total. The fourth-order valence-electron chi connectivity index (χ4n) is 2.77. The standard InChI is InChI=1S/C13H18BrNO/c1-2-10-4-3-7-13(10,16)8-12-6-5-11(14)9-15-12/h5-6,9-10,16H,2-4,7-8H2,1H3. The van der Waals surface area contributed by atoms with Crippen LogP contribution in [-0.2, 0) is 6.42 Å². The highest BCUT2D eigenvalue weighted by atomic mass is 79.9. The highest BCUT2D eigenvalue weighted by Crippen LogP contribution is 2.39. The minimum atomic E-state index is -0.518. The number of halogens is 1. The molecule has 0 aromatic carbocycles.